The summed E-state index contributed by atoms with van der Waals surface area (Å²) >= 11 is 0. The molecule has 1 N–H and O–H groups in total. The Kier molecular flexibility index (Phi) is 6.04. The molecule has 0 radical (unpaired) electrons. The van der Waals surface area contributed by atoms with Crippen LogP contribution in [0, 0.1) is 58.2 Å². The Bertz CT molecular complexity index is 607. The van der Waals surface area contributed by atoms with Crippen molar-refractivity contribution in [3.8, 4) is 0 Å². The molecule has 0 saturated heterocycles. The average molecular weight is 401 g/mol. The quantitative estimate of drug-likeness (QED) is 0.485. The summed E-state index contributed by atoms with van der Waals surface area (Å²) in [6.45, 7) is 14.9. The molecule has 4 fully saturated rings. The predicted octanol–water partition coefficient (Wildman–Crippen LogP) is 7.49. The third kappa shape index (κ3) is 3.66. The second-order valence-electron chi connectivity index (χ2n) is 12.7. The van der Waals surface area contributed by atoms with Crippen LogP contribution in [0.3, 0.4) is 0 Å². The third-order valence-electron chi connectivity index (χ3n) is 11.1. The molecule has 10 atom stereocenters. The van der Waals surface area contributed by atoms with Crippen LogP contribution in [0.5, 0.6) is 0 Å². The van der Waals surface area contributed by atoms with Crippen molar-refractivity contribution in [1.29, 1.82) is 0 Å². The van der Waals surface area contributed by atoms with E-state index in [0.717, 1.165) is 54.3 Å². The second kappa shape index (κ2) is 7.99. The molecule has 1 heteroatoms. The molecule has 0 heterocycles. The van der Waals surface area contributed by atoms with Crippen LogP contribution >= 0.6 is 0 Å². The van der Waals surface area contributed by atoms with Gasteiger partial charge in [0.2, 0.25) is 0 Å². The summed E-state index contributed by atoms with van der Waals surface area (Å²) in [5.41, 5.74) is 1.07. The highest BCUT2D eigenvalue weighted by Gasteiger charge is 2.60. The van der Waals surface area contributed by atoms with Gasteiger partial charge in [0.05, 0.1) is 6.10 Å². The molecule has 0 bridgehead atoms. The monoisotopic (exact) mass is 400 g/mol. The maximum Gasteiger partial charge on any atom is 0.0543 e. The molecule has 0 aromatic heterocycles. The summed E-state index contributed by atoms with van der Waals surface area (Å²) in [6.07, 6.45) is 17.1. The van der Waals surface area contributed by atoms with E-state index in [4.69, 9.17) is 0 Å². The van der Waals surface area contributed by atoms with Crippen molar-refractivity contribution in [2.45, 2.75) is 105 Å². The van der Waals surface area contributed by atoms with Crippen molar-refractivity contribution in [3.63, 3.8) is 0 Å². The smallest absolute Gasteiger partial charge is 0.0543 e. The number of hydrogen-bond donors (Lipinski definition) is 1. The SMILES string of the molecule is CC(C)[C@@H](C)/C=C/[C@@H](C)C1CCC2C3CCC4C[C@@H](O)CC[C@]4(C)C3CC[C@@]21C. The fourth-order valence-corrected chi connectivity index (χ4v) is 8.85. The first-order valence-corrected chi connectivity index (χ1v) is 13.0. The zero-order chi connectivity index (χ0) is 21.0. The molecule has 1 nitrogen and oxygen atoms in total. The molecule has 0 aromatic rings. The summed E-state index contributed by atoms with van der Waals surface area (Å²) in [5, 5.41) is 10.3. The molecule has 0 aromatic carbocycles. The van der Waals surface area contributed by atoms with Gasteiger partial charge >= 0.3 is 0 Å². The van der Waals surface area contributed by atoms with Gasteiger partial charge in [0.25, 0.3) is 0 Å². The van der Waals surface area contributed by atoms with Gasteiger partial charge in [0.1, 0.15) is 0 Å². The van der Waals surface area contributed by atoms with Gasteiger partial charge in [-0.1, -0.05) is 53.7 Å². The van der Waals surface area contributed by atoms with Crippen LogP contribution in [0.15, 0.2) is 12.2 Å². The number of aliphatic hydroxyl groups is 1. The lowest BCUT2D eigenvalue weighted by Gasteiger charge is -2.61. The predicted molar refractivity (Wildman–Crippen MR) is 124 cm³/mol. The summed E-state index contributed by atoms with van der Waals surface area (Å²) in [7, 11) is 0. The van der Waals surface area contributed by atoms with Crippen molar-refractivity contribution in [2.75, 3.05) is 0 Å². The van der Waals surface area contributed by atoms with E-state index in [1.807, 2.05) is 0 Å². The minimum absolute atomic E-state index is 0.0183. The first kappa shape index (κ1) is 21.9. The first-order valence-electron chi connectivity index (χ1n) is 13.0. The molecule has 0 spiro atoms. The fraction of sp³-hybridized carbons (Fsp3) is 0.929. The van der Waals surface area contributed by atoms with Crippen molar-refractivity contribution >= 4 is 0 Å². The lowest BCUT2D eigenvalue weighted by molar-refractivity contribution is -0.128. The Hall–Kier alpha value is -0.300. The van der Waals surface area contributed by atoms with Gasteiger partial charge in [0, 0.05) is 0 Å². The Labute approximate surface area is 181 Å². The second-order valence-corrected chi connectivity index (χ2v) is 12.7. The molecule has 4 saturated carbocycles. The van der Waals surface area contributed by atoms with E-state index >= 15 is 0 Å². The van der Waals surface area contributed by atoms with Crippen LogP contribution in [-0.4, -0.2) is 11.2 Å². The third-order valence-corrected chi connectivity index (χ3v) is 11.1. The van der Waals surface area contributed by atoms with Crippen molar-refractivity contribution in [3.05, 3.63) is 12.2 Å². The standard InChI is InChI=1S/C28H48O/c1-18(2)19(3)7-8-20(4)24-11-12-25-23-10-9-21-17-22(29)13-15-27(21,5)26(23)14-16-28(24,25)6/h7-8,18-26,29H,9-17H2,1-6H3/b8-7+/t19-,20+,21?,22-,23?,24?,25?,26?,27-,28+/m0/s1. The molecule has 5 unspecified atom stereocenters. The highest BCUT2D eigenvalue weighted by Crippen LogP contribution is 2.68. The molecule has 4 rings (SSSR count). The highest BCUT2D eigenvalue weighted by atomic mass is 16.3. The van der Waals surface area contributed by atoms with Gasteiger partial charge in [0.15, 0.2) is 0 Å². The minimum Gasteiger partial charge on any atom is -0.393 e. The van der Waals surface area contributed by atoms with Gasteiger partial charge < -0.3 is 5.11 Å². The highest BCUT2D eigenvalue weighted by molar-refractivity contribution is 5.11. The van der Waals surface area contributed by atoms with Crippen LogP contribution in [0.1, 0.15) is 99.3 Å². The van der Waals surface area contributed by atoms with E-state index in [0.29, 0.717) is 16.7 Å². The Morgan fingerprint density at radius 3 is 2.21 bits per heavy atom. The molecule has 4 aliphatic carbocycles. The van der Waals surface area contributed by atoms with Gasteiger partial charge in [-0.25, -0.2) is 0 Å². The van der Waals surface area contributed by atoms with E-state index in [2.05, 4.69) is 53.7 Å². The van der Waals surface area contributed by atoms with Crippen LogP contribution < -0.4 is 0 Å². The topological polar surface area (TPSA) is 20.2 Å². The first-order chi connectivity index (χ1) is 13.7. The molecule has 29 heavy (non-hydrogen) atoms. The molecule has 166 valence electrons. The van der Waals surface area contributed by atoms with Crippen LogP contribution in [0.2, 0.25) is 0 Å². The van der Waals surface area contributed by atoms with Crippen molar-refractivity contribution < 1.29 is 5.11 Å². The molecule has 0 aliphatic heterocycles. The number of aliphatic hydroxyl groups excluding tert-OH is 1. The Morgan fingerprint density at radius 1 is 0.793 bits per heavy atom. The zero-order valence-electron chi connectivity index (χ0n) is 20.2. The normalized spacial score (nSPS) is 49.5. The fourth-order valence-electron chi connectivity index (χ4n) is 8.85. The van der Waals surface area contributed by atoms with E-state index in [1.54, 1.807) is 0 Å². The maximum atomic E-state index is 10.3. The Balaban J connectivity index is 1.50. The summed E-state index contributed by atoms with van der Waals surface area (Å²) < 4.78 is 0. The Morgan fingerprint density at radius 2 is 1.48 bits per heavy atom. The van der Waals surface area contributed by atoms with E-state index in [9.17, 15) is 5.11 Å². The van der Waals surface area contributed by atoms with E-state index < -0.39 is 0 Å². The summed E-state index contributed by atoms with van der Waals surface area (Å²) in [6, 6.07) is 0. The summed E-state index contributed by atoms with van der Waals surface area (Å²) in [5.74, 6) is 6.66. The summed E-state index contributed by atoms with van der Waals surface area (Å²) in [4.78, 5) is 0. The van der Waals surface area contributed by atoms with Crippen molar-refractivity contribution in [1.82, 2.24) is 0 Å². The lowest BCUT2D eigenvalue weighted by atomic mass is 9.44. The average Bonchev–Trinajstić information content (AvgIpc) is 3.03. The zero-order valence-corrected chi connectivity index (χ0v) is 20.2. The van der Waals surface area contributed by atoms with Gasteiger partial charge in [-0.05, 0) is 116 Å². The van der Waals surface area contributed by atoms with E-state index in [-0.39, 0.29) is 6.10 Å². The van der Waals surface area contributed by atoms with Crippen molar-refractivity contribution in [2.24, 2.45) is 58.2 Å². The van der Waals surface area contributed by atoms with Crippen LogP contribution in [0.4, 0.5) is 0 Å². The lowest BCUT2D eigenvalue weighted by Crippen LogP contribution is -2.54. The number of fused-ring (bicyclic) bond motifs is 5. The molecular formula is C28H48O. The minimum atomic E-state index is -0.0183. The molecule has 0 amide bonds. The van der Waals surface area contributed by atoms with Gasteiger partial charge in [-0.15, -0.1) is 0 Å². The van der Waals surface area contributed by atoms with Crippen LogP contribution in [0.25, 0.3) is 0 Å². The number of rotatable bonds is 4. The molecular weight excluding hydrogens is 352 g/mol. The van der Waals surface area contributed by atoms with E-state index in [1.165, 1.54) is 44.9 Å². The largest absolute Gasteiger partial charge is 0.393 e. The molecule has 4 aliphatic rings. The number of hydrogen-bond acceptors (Lipinski definition) is 1. The number of allylic oxidation sites excluding steroid dienone is 2. The van der Waals surface area contributed by atoms with Crippen LogP contribution in [-0.2, 0) is 0 Å². The van der Waals surface area contributed by atoms with Gasteiger partial charge in [-0.2, -0.15) is 0 Å². The maximum absolute atomic E-state index is 10.3. The van der Waals surface area contributed by atoms with Gasteiger partial charge in [-0.3, -0.25) is 0 Å².